The van der Waals surface area contributed by atoms with Gasteiger partial charge in [0.25, 0.3) is 0 Å². The molecule has 0 aliphatic heterocycles. The Kier molecular flexibility index (Phi) is 4.18. The quantitative estimate of drug-likeness (QED) is 0.922. The molecule has 0 fully saturated rings. The van der Waals surface area contributed by atoms with Crippen molar-refractivity contribution in [3.63, 3.8) is 0 Å². The molecule has 0 amide bonds. The Balaban J connectivity index is 2.41. The molecule has 0 saturated heterocycles. The zero-order chi connectivity index (χ0) is 13.0. The van der Waals surface area contributed by atoms with E-state index < -0.39 is 0 Å². The summed E-state index contributed by atoms with van der Waals surface area (Å²) in [6, 6.07) is 11.6. The highest BCUT2D eigenvalue weighted by molar-refractivity contribution is 6.30. The van der Waals surface area contributed by atoms with E-state index in [-0.39, 0.29) is 5.92 Å². The van der Waals surface area contributed by atoms with Gasteiger partial charge in [-0.15, -0.1) is 0 Å². The Labute approximate surface area is 112 Å². The fourth-order valence-electron chi connectivity index (χ4n) is 1.98. The Bertz CT molecular complexity index is 513. The van der Waals surface area contributed by atoms with Crippen LogP contribution in [0.2, 0.25) is 5.02 Å². The van der Waals surface area contributed by atoms with Gasteiger partial charge < -0.3 is 10.5 Å². The summed E-state index contributed by atoms with van der Waals surface area (Å²) < 4.78 is 5.28. The number of nitrogens with two attached hydrogens (primary N) is 1. The minimum Gasteiger partial charge on any atom is -0.481 e. The summed E-state index contributed by atoms with van der Waals surface area (Å²) in [5.74, 6) is 0.675. The molecule has 0 aliphatic rings. The summed E-state index contributed by atoms with van der Waals surface area (Å²) in [6.07, 6.45) is 1.71. The van der Waals surface area contributed by atoms with Gasteiger partial charge in [-0.25, -0.2) is 4.98 Å². The van der Waals surface area contributed by atoms with Gasteiger partial charge in [0.2, 0.25) is 5.88 Å². The first-order valence-corrected chi connectivity index (χ1v) is 6.08. The lowest BCUT2D eigenvalue weighted by Gasteiger charge is -2.17. The van der Waals surface area contributed by atoms with Crippen molar-refractivity contribution in [1.82, 2.24) is 4.98 Å². The summed E-state index contributed by atoms with van der Waals surface area (Å²) in [7, 11) is 1.61. The average Bonchev–Trinajstić information content (AvgIpc) is 2.42. The predicted octanol–water partition coefficient (Wildman–Crippen LogP) is 2.83. The van der Waals surface area contributed by atoms with Crippen molar-refractivity contribution in [3.05, 3.63) is 58.7 Å². The van der Waals surface area contributed by atoms with Gasteiger partial charge >= 0.3 is 0 Å². The number of nitrogens with zero attached hydrogens (tertiary/aromatic N) is 1. The van der Waals surface area contributed by atoms with E-state index in [1.807, 2.05) is 36.4 Å². The lowest BCUT2D eigenvalue weighted by atomic mass is 9.92. The Morgan fingerprint density at radius 2 is 2.00 bits per heavy atom. The van der Waals surface area contributed by atoms with Crippen LogP contribution in [-0.2, 0) is 0 Å². The van der Waals surface area contributed by atoms with Gasteiger partial charge in [0.05, 0.1) is 7.11 Å². The first-order valence-electron chi connectivity index (χ1n) is 5.70. The van der Waals surface area contributed by atoms with E-state index in [0.29, 0.717) is 17.4 Å². The van der Waals surface area contributed by atoms with Crippen LogP contribution in [-0.4, -0.2) is 18.6 Å². The van der Waals surface area contributed by atoms with Crippen molar-refractivity contribution in [3.8, 4) is 5.88 Å². The summed E-state index contributed by atoms with van der Waals surface area (Å²) in [6.45, 7) is 0.490. The summed E-state index contributed by atoms with van der Waals surface area (Å²) in [5.41, 5.74) is 7.98. The van der Waals surface area contributed by atoms with Gasteiger partial charge in [0.1, 0.15) is 0 Å². The molecule has 0 saturated carbocycles. The van der Waals surface area contributed by atoms with E-state index in [4.69, 9.17) is 22.1 Å². The standard InChI is InChI=1S/C14H15ClN2O/c1-18-14-12(3-2-8-17-14)13(9-16)10-4-6-11(15)7-5-10/h2-8,13H,9,16H2,1H3/t13-/m0/s1. The average molecular weight is 263 g/mol. The first-order chi connectivity index (χ1) is 8.76. The van der Waals surface area contributed by atoms with Crippen molar-refractivity contribution < 1.29 is 4.74 Å². The van der Waals surface area contributed by atoms with Crippen molar-refractivity contribution >= 4 is 11.6 Å². The Hall–Kier alpha value is -1.58. The number of hydrogen-bond acceptors (Lipinski definition) is 3. The van der Waals surface area contributed by atoms with Gasteiger partial charge in [0.15, 0.2) is 0 Å². The third-order valence-corrected chi connectivity index (χ3v) is 3.13. The van der Waals surface area contributed by atoms with Crippen LogP contribution in [0.5, 0.6) is 5.88 Å². The predicted molar refractivity (Wildman–Crippen MR) is 73.1 cm³/mol. The summed E-state index contributed by atoms with van der Waals surface area (Å²) >= 11 is 5.90. The molecule has 1 heterocycles. The van der Waals surface area contributed by atoms with Crippen LogP contribution in [0, 0.1) is 0 Å². The number of hydrogen-bond donors (Lipinski definition) is 1. The molecule has 4 heteroatoms. The Morgan fingerprint density at radius 1 is 1.28 bits per heavy atom. The van der Waals surface area contributed by atoms with Crippen LogP contribution in [0.4, 0.5) is 0 Å². The van der Waals surface area contributed by atoms with Gasteiger partial charge in [-0.1, -0.05) is 29.8 Å². The second-order valence-corrected chi connectivity index (χ2v) is 4.38. The minimum absolute atomic E-state index is 0.0610. The van der Waals surface area contributed by atoms with Crippen LogP contribution in [0.15, 0.2) is 42.6 Å². The van der Waals surface area contributed by atoms with Crippen LogP contribution in [0.1, 0.15) is 17.0 Å². The minimum atomic E-state index is 0.0610. The van der Waals surface area contributed by atoms with Crippen LogP contribution >= 0.6 is 11.6 Å². The topological polar surface area (TPSA) is 48.1 Å². The molecule has 0 radical (unpaired) electrons. The summed E-state index contributed by atoms with van der Waals surface area (Å²) in [4.78, 5) is 4.21. The van der Waals surface area contributed by atoms with Crippen LogP contribution < -0.4 is 10.5 Å². The molecule has 0 bridgehead atoms. The fraction of sp³-hybridized carbons (Fsp3) is 0.214. The molecule has 2 aromatic rings. The molecule has 94 valence electrons. The van der Waals surface area contributed by atoms with Crippen LogP contribution in [0.3, 0.4) is 0 Å². The molecule has 0 unspecified atom stereocenters. The largest absolute Gasteiger partial charge is 0.481 e. The molecular weight excluding hydrogens is 248 g/mol. The number of ether oxygens (including phenoxy) is 1. The van der Waals surface area contributed by atoms with Gasteiger partial charge in [0, 0.05) is 29.2 Å². The Morgan fingerprint density at radius 3 is 2.61 bits per heavy atom. The van der Waals surface area contributed by atoms with E-state index in [0.717, 1.165) is 11.1 Å². The first kappa shape index (κ1) is 12.9. The number of benzene rings is 1. The van der Waals surface area contributed by atoms with Gasteiger partial charge in [-0.2, -0.15) is 0 Å². The molecule has 18 heavy (non-hydrogen) atoms. The number of rotatable bonds is 4. The lowest BCUT2D eigenvalue weighted by Crippen LogP contribution is -2.15. The van der Waals surface area contributed by atoms with Crippen molar-refractivity contribution in [2.24, 2.45) is 5.73 Å². The molecule has 1 aromatic carbocycles. The van der Waals surface area contributed by atoms with Gasteiger partial charge in [-0.3, -0.25) is 0 Å². The molecular formula is C14H15ClN2O. The monoisotopic (exact) mass is 262 g/mol. The number of methoxy groups -OCH3 is 1. The fourth-order valence-corrected chi connectivity index (χ4v) is 2.10. The maximum Gasteiger partial charge on any atom is 0.216 e. The third kappa shape index (κ3) is 2.63. The second-order valence-electron chi connectivity index (χ2n) is 3.94. The molecule has 2 rings (SSSR count). The molecule has 0 spiro atoms. The van der Waals surface area contributed by atoms with Crippen molar-refractivity contribution in [2.45, 2.75) is 5.92 Å². The van der Waals surface area contributed by atoms with E-state index in [1.54, 1.807) is 13.3 Å². The van der Waals surface area contributed by atoms with E-state index in [9.17, 15) is 0 Å². The third-order valence-electron chi connectivity index (χ3n) is 2.88. The highest BCUT2D eigenvalue weighted by Crippen LogP contribution is 2.29. The van der Waals surface area contributed by atoms with Crippen LogP contribution in [0.25, 0.3) is 0 Å². The summed E-state index contributed by atoms with van der Waals surface area (Å²) in [5, 5.41) is 0.715. The molecule has 1 atom stereocenters. The van der Waals surface area contributed by atoms with E-state index in [2.05, 4.69) is 4.98 Å². The number of aromatic nitrogens is 1. The highest BCUT2D eigenvalue weighted by atomic mass is 35.5. The van der Waals surface area contributed by atoms with E-state index in [1.165, 1.54) is 0 Å². The van der Waals surface area contributed by atoms with Crippen molar-refractivity contribution in [2.75, 3.05) is 13.7 Å². The zero-order valence-electron chi connectivity index (χ0n) is 10.1. The van der Waals surface area contributed by atoms with Crippen molar-refractivity contribution in [1.29, 1.82) is 0 Å². The smallest absolute Gasteiger partial charge is 0.216 e. The SMILES string of the molecule is COc1ncccc1[C@@H](CN)c1ccc(Cl)cc1. The maximum absolute atomic E-state index is 5.90. The second kappa shape index (κ2) is 5.85. The molecule has 1 aromatic heterocycles. The highest BCUT2D eigenvalue weighted by Gasteiger charge is 2.17. The lowest BCUT2D eigenvalue weighted by molar-refractivity contribution is 0.390. The zero-order valence-corrected chi connectivity index (χ0v) is 10.9. The van der Waals surface area contributed by atoms with Gasteiger partial charge in [-0.05, 0) is 23.8 Å². The molecule has 2 N–H and O–H groups in total. The normalized spacial score (nSPS) is 12.2. The maximum atomic E-state index is 5.90. The number of halogens is 1. The van der Waals surface area contributed by atoms with E-state index >= 15 is 0 Å². The molecule has 0 aliphatic carbocycles. The molecule has 3 nitrogen and oxygen atoms in total. The number of pyridine rings is 1.